The lowest BCUT2D eigenvalue weighted by Crippen LogP contribution is -2.39. The van der Waals surface area contributed by atoms with E-state index in [1.165, 1.54) is 37.9 Å². The summed E-state index contributed by atoms with van der Waals surface area (Å²) in [5.74, 6) is 0.474. The van der Waals surface area contributed by atoms with E-state index in [1.807, 2.05) is 0 Å². The summed E-state index contributed by atoms with van der Waals surface area (Å²) in [6.45, 7) is 2.34. The maximum atomic E-state index is 10.8. The van der Waals surface area contributed by atoms with Crippen molar-refractivity contribution in [3.8, 4) is 0 Å². The minimum Gasteiger partial charge on any atom is -0.481 e. The summed E-state index contributed by atoms with van der Waals surface area (Å²) in [5.41, 5.74) is 1.48. The van der Waals surface area contributed by atoms with Crippen molar-refractivity contribution in [2.24, 2.45) is 5.92 Å². The molecule has 1 saturated heterocycles. The molecule has 2 aliphatic rings. The van der Waals surface area contributed by atoms with Gasteiger partial charge in [0.05, 0.1) is 0 Å². The van der Waals surface area contributed by atoms with Crippen molar-refractivity contribution in [1.29, 1.82) is 0 Å². The van der Waals surface area contributed by atoms with Gasteiger partial charge in [0.1, 0.15) is 0 Å². The van der Waals surface area contributed by atoms with Crippen LogP contribution in [0.4, 0.5) is 0 Å². The fourth-order valence-corrected chi connectivity index (χ4v) is 4.14. The third-order valence-corrected chi connectivity index (χ3v) is 5.29. The molecule has 0 radical (unpaired) electrons. The van der Waals surface area contributed by atoms with Crippen LogP contribution in [0.1, 0.15) is 50.0 Å². The summed E-state index contributed by atoms with van der Waals surface area (Å²) >= 11 is 0. The van der Waals surface area contributed by atoms with Crippen LogP contribution in [0.25, 0.3) is 0 Å². The Morgan fingerprint density at radius 2 is 1.81 bits per heavy atom. The standard InChI is InChI=1S/C18H25NO2/c20-18(21)13-14-6-7-17(12-14)19-10-8-16(9-11-19)15-4-2-1-3-5-15/h1-5,14,16-17H,6-13H2,(H,20,21). The van der Waals surface area contributed by atoms with Crippen LogP contribution >= 0.6 is 0 Å². The van der Waals surface area contributed by atoms with Gasteiger partial charge >= 0.3 is 5.97 Å². The molecule has 1 aliphatic carbocycles. The predicted octanol–water partition coefficient (Wildman–Crippen LogP) is 3.51. The second-order valence-electron chi connectivity index (χ2n) is 6.65. The molecule has 21 heavy (non-hydrogen) atoms. The monoisotopic (exact) mass is 287 g/mol. The zero-order chi connectivity index (χ0) is 14.7. The van der Waals surface area contributed by atoms with Crippen molar-refractivity contribution in [2.45, 2.75) is 50.5 Å². The van der Waals surface area contributed by atoms with Crippen LogP contribution in [0, 0.1) is 5.92 Å². The Bertz CT molecular complexity index is 465. The molecule has 3 rings (SSSR count). The van der Waals surface area contributed by atoms with Crippen LogP contribution in [0.5, 0.6) is 0 Å². The van der Waals surface area contributed by atoms with Crippen LogP contribution in [0.2, 0.25) is 0 Å². The average Bonchev–Trinajstić information content (AvgIpc) is 2.96. The molecule has 0 bridgehead atoms. The fraction of sp³-hybridized carbons (Fsp3) is 0.611. The Hall–Kier alpha value is -1.35. The molecule has 2 fully saturated rings. The van der Waals surface area contributed by atoms with Crippen molar-refractivity contribution in [1.82, 2.24) is 4.90 Å². The smallest absolute Gasteiger partial charge is 0.303 e. The molecular weight excluding hydrogens is 262 g/mol. The van der Waals surface area contributed by atoms with Gasteiger partial charge in [0.2, 0.25) is 0 Å². The summed E-state index contributed by atoms with van der Waals surface area (Å²) in [7, 11) is 0. The van der Waals surface area contributed by atoms with Gasteiger partial charge in [-0.15, -0.1) is 0 Å². The van der Waals surface area contributed by atoms with Gasteiger partial charge in [-0.25, -0.2) is 0 Å². The normalized spacial score (nSPS) is 27.8. The molecule has 1 saturated carbocycles. The highest BCUT2D eigenvalue weighted by Crippen LogP contribution is 2.35. The van der Waals surface area contributed by atoms with Crippen molar-refractivity contribution >= 4 is 5.97 Å². The summed E-state index contributed by atoms with van der Waals surface area (Å²) in [4.78, 5) is 13.4. The van der Waals surface area contributed by atoms with E-state index >= 15 is 0 Å². The van der Waals surface area contributed by atoms with Gasteiger partial charge < -0.3 is 10.0 Å². The molecule has 2 atom stereocenters. The fourth-order valence-electron chi connectivity index (χ4n) is 4.14. The maximum Gasteiger partial charge on any atom is 0.303 e. The minimum absolute atomic E-state index is 0.358. The first kappa shape index (κ1) is 14.6. The number of benzene rings is 1. The largest absolute Gasteiger partial charge is 0.481 e. The van der Waals surface area contributed by atoms with E-state index in [0.29, 0.717) is 24.3 Å². The first-order valence-electron chi connectivity index (χ1n) is 8.23. The van der Waals surface area contributed by atoms with E-state index < -0.39 is 5.97 Å². The number of likely N-dealkylation sites (tertiary alicyclic amines) is 1. The summed E-state index contributed by atoms with van der Waals surface area (Å²) in [6, 6.07) is 11.5. The Kier molecular flexibility index (Phi) is 4.59. The molecule has 1 aliphatic heterocycles. The molecule has 2 unspecified atom stereocenters. The number of hydrogen-bond acceptors (Lipinski definition) is 2. The lowest BCUT2D eigenvalue weighted by atomic mass is 9.89. The van der Waals surface area contributed by atoms with Crippen LogP contribution < -0.4 is 0 Å². The lowest BCUT2D eigenvalue weighted by Gasteiger charge is -2.36. The van der Waals surface area contributed by atoms with Gasteiger partial charge in [0, 0.05) is 12.5 Å². The van der Waals surface area contributed by atoms with Crippen LogP contribution in [0.3, 0.4) is 0 Å². The van der Waals surface area contributed by atoms with E-state index in [1.54, 1.807) is 0 Å². The van der Waals surface area contributed by atoms with E-state index in [-0.39, 0.29) is 0 Å². The zero-order valence-corrected chi connectivity index (χ0v) is 12.6. The van der Waals surface area contributed by atoms with E-state index in [4.69, 9.17) is 5.11 Å². The first-order chi connectivity index (χ1) is 10.2. The second-order valence-corrected chi connectivity index (χ2v) is 6.65. The second kappa shape index (κ2) is 6.61. The van der Waals surface area contributed by atoms with Crippen molar-refractivity contribution in [3.05, 3.63) is 35.9 Å². The number of carbonyl (C=O) groups is 1. The molecule has 0 amide bonds. The van der Waals surface area contributed by atoms with Crippen LogP contribution in [-0.2, 0) is 4.79 Å². The quantitative estimate of drug-likeness (QED) is 0.921. The minimum atomic E-state index is -0.636. The third-order valence-electron chi connectivity index (χ3n) is 5.29. The number of piperidine rings is 1. The molecule has 1 N–H and O–H groups in total. The molecule has 0 spiro atoms. The van der Waals surface area contributed by atoms with E-state index in [9.17, 15) is 4.79 Å². The van der Waals surface area contributed by atoms with Gasteiger partial charge in [0.25, 0.3) is 0 Å². The number of carboxylic acids is 1. The van der Waals surface area contributed by atoms with Crippen LogP contribution in [-0.4, -0.2) is 35.1 Å². The number of nitrogens with zero attached hydrogens (tertiary/aromatic N) is 1. The predicted molar refractivity (Wildman–Crippen MR) is 83.4 cm³/mol. The maximum absolute atomic E-state index is 10.8. The highest BCUT2D eigenvalue weighted by molar-refractivity contribution is 5.67. The molecule has 3 heteroatoms. The Morgan fingerprint density at radius 1 is 1.10 bits per heavy atom. The molecule has 1 aromatic rings. The molecule has 1 heterocycles. The number of carboxylic acid groups (broad SMARTS) is 1. The number of hydrogen-bond donors (Lipinski definition) is 1. The van der Waals surface area contributed by atoms with Gasteiger partial charge in [0.15, 0.2) is 0 Å². The third kappa shape index (κ3) is 3.65. The van der Waals surface area contributed by atoms with Gasteiger partial charge in [-0.1, -0.05) is 30.3 Å². The van der Waals surface area contributed by atoms with Crippen molar-refractivity contribution in [2.75, 3.05) is 13.1 Å². The highest BCUT2D eigenvalue weighted by Gasteiger charge is 2.32. The molecular formula is C18H25NO2. The summed E-state index contributed by atoms with van der Waals surface area (Å²) in [5, 5.41) is 8.92. The zero-order valence-electron chi connectivity index (χ0n) is 12.6. The summed E-state index contributed by atoms with van der Waals surface area (Å²) < 4.78 is 0. The van der Waals surface area contributed by atoms with Crippen molar-refractivity contribution in [3.63, 3.8) is 0 Å². The Labute approximate surface area is 127 Å². The highest BCUT2D eigenvalue weighted by atomic mass is 16.4. The number of rotatable bonds is 4. The Morgan fingerprint density at radius 3 is 2.48 bits per heavy atom. The Balaban J connectivity index is 1.49. The van der Waals surface area contributed by atoms with Crippen molar-refractivity contribution < 1.29 is 9.90 Å². The molecule has 1 aromatic carbocycles. The van der Waals surface area contributed by atoms with Gasteiger partial charge in [-0.2, -0.15) is 0 Å². The van der Waals surface area contributed by atoms with Gasteiger partial charge in [-0.05, 0) is 62.6 Å². The first-order valence-corrected chi connectivity index (χ1v) is 8.23. The van der Waals surface area contributed by atoms with E-state index in [0.717, 1.165) is 12.8 Å². The molecule has 3 nitrogen and oxygen atoms in total. The van der Waals surface area contributed by atoms with Gasteiger partial charge in [-0.3, -0.25) is 4.79 Å². The SMILES string of the molecule is O=C(O)CC1CCC(N2CCC(c3ccccc3)CC2)C1. The number of aliphatic carboxylic acids is 1. The van der Waals surface area contributed by atoms with E-state index in [2.05, 4.69) is 35.2 Å². The van der Waals surface area contributed by atoms with Crippen LogP contribution in [0.15, 0.2) is 30.3 Å². The molecule has 114 valence electrons. The lowest BCUT2D eigenvalue weighted by molar-refractivity contribution is -0.138. The topological polar surface area (TPSA) is 40.5 Å². The average molecular weight is 287 g/mol. The molecule has 0 aromatic heterocycles. The summed E-state index contributed by atoms with van der Waals surface area (Å²) in [6.07, 6.45) is 6.21.